The molecule has 0 aromatic heterocycles. The summed E-state index contributed by atoms with van der Waals surface area (Å²) in [6.45, 7) is -0.260. The summed E-state index contributed by atoms with van der Waals surface area (Å²) in [5.74, 6) is -1.33. The summed E-state index contributed by atoms with van der Waals surface area (Å²) in [7, 11) is 0. The normalized spacial score (nSPS) is 20.7. The highest BCUT2D eigenvalue weighted by Gasteiger charge is 2.68. The van der Waals surface area contributed by atoms with Crippen LogP contribution >= 0.6 is 0 Å². The molecule has 7 heteroatoms. The van der Waals surface area contributed by atoms with E-state index in [1.165, 1.54) is 36.4 Å². The van der Waals surface area contributed by atoms with Gasteiger partial charge in [-0.25, -0.2) is 4.79 Å². The van der Waals surface area contributed by atoms with Crippen molar-refractivity contribution in [2.75, 3.05) is 6.54 Å². The number of halogens is 3. The molecular weight excluding hydrogens is 345 g/mol. The van der Waals surface area contributed by atoms with Crippen LogP contribution in [0.3, 0.4) is 0 Å². The van der Waals surface area contributed by atoms with E-state index in [-0.39, 0.29) is 12.1 Å². The molecule has 134 valence electrons. The maximum Gasteiger partial charge on any atom is 0.425 e. The second kappa shape index (κ2) is 6.67. The summed E-state index contributed by atoms with van der Waals surface area (Å²) in [5, 5.41) is 1.85. The first-order valence-electron chi connectivity index (χ1n) is 7.84. The van der Waals surface area contributed by atoms with Crippen LogP contribution in [0.5, 0.6) is 0 Å². The Morgan fingerprint density at radius 3 is 2.12 bits per heavy atom. The summed E-state index contributed by atoms with van der Waals surface area (Å²) >= 11 is 0. The molecule has 1 heterocycles. The van der Waals surface area contributed by atoms with Gasteiger partial charge in [0.25, 0.3) is 5.91 Å². The highest BCUT2D eigenvalue weighted by molar-refractivity contribution is 6.08. The van der Waals surface area contributed by atoms with Gasteiger partial charge in [-0.05, 0) is 11.1 Å². The zero-order valence-corrected chi connectivity index (χ0v) is 13.5. The highest BCUT2D eigenvalue weighted by atomic mass is 19.4. The summed E-state index contributed by atoms with van der Waals surface area (Å²) in [5.41, 5.74) is -2.57. The van der Waals surface area contributed by atoms with Crippen LogP contribution in [0.25, 0.3) is 6.08 Å². The first-order valence-corrected chi connectivity index (χ1v) is 7.84. The number of alkyl halides is 3. The van der Waals surface area contributed by atoms with Gasteiger partial charge in [-0.2, -0.15) is 13.2 Å². The van der Waals surface area contributed by atoms with Crippen molar-refractivity contribution >= 4 is 18.0 Å². The van der Waals surface area contributed by atoms with Gasteiger partial charge in [0.1, 0.15) is 0 Å². The van der Waals surface area contributed by atoms with Crippen LogP contribution in [0.2, 0.25) is 0 Å². The lowest BCUT2D eigenvalue weighted by molar-refractivity contribution is -0.198. The molecule has 1 aliphatic heterocycles. The number of hydrogen-bond acceptors (Lipinski definition) is 2. The number of urea groups is 1. The molecule has 0 spiro atoms. The van der Waals surface area contributed by atoms with Crippen molar-refractivity contribution < 1.29 is 22.8 Å². The van der Waals surface area contributed by atoms with Crippen LogP contribution in [0.15, 0.2) is 66.7 Å². The monoisotopic (exact) mass is 360 g/mol. The van der Waals surface area contributed by atoms with Crippen molar-refractivity contribution in [1.82, 2.24) is 10.2 Å². The van der Waals surface area contributed by atoms with Crippen LogP contribution < -0.4 is 5.32 Å². The molecular formula is C19H15F3N2O2. The van der Waals surface area contributed by atoms with E-state index in [4.69, 9.17) is 0 Å². The van der Waals surface area contributed by atoms with Crippen LogP contribution in [-0.4, -0.2) is 29.6 Å². The molecule has 4 nitrogen and oxygen atoms in total. The predicted octanol–water partition coefficient (Wildman–Crippen LogP) is 3.71. The number of rotatable bonds is 4. The summed E-state index contributed by atoms with van der Waals surface area (Å²) in [4.78, 5) is 25.3. The smallest absolute Gasteiger partial charge is 0.312 e. The third-order valence-corrected chi connectivity index (χ3v) is 4.14. The van der Waals surface area contributed by atoms with Gasteiger partial charge in [0, 0.05) is 6.54 Å². The molecule has 1 aliphatic rings. The molecule has 1 N–H and O–H groups in total. The third kappa shape index (κ3) is 2.96. The molecule has 0 bridgehead atoms. The van der Waals surface area contributed by atoms with Crippen molar-refractivity contribution in [1.29, 1.82) is 0 Å². The topological polar surface area (TPSA) is 49.4 Å². The van der Waals surface area contributed by atoms with Crippen molar-refractivity contribution in [2.45, 2.75) is 11.7 Å². The number of imide groups is 1. The molecule has 1 unspecified atom stereocenters. The van der Waals surface area contributed by atoms with Crippen LogP contribution in [0.1, 0.15) is 11.1 Å². The van der Waals surface area contributed by atoms with Gasteiger partial charge in [-0.3, -0.25) is 9.69 Å². The first kappa shape index (κ1) is 17.7. The Morgan fingerprint density at radius 1 is 0.962 bits per heavy atom. The Morgan fingerprint density at radius 2 is 1.54 bits per heavy atom. The Balaban J connectivity index is 1.90. The molecule has 0 radical (unpaired) electrons. The Labute approximate surface area is 147 Å². The first-order chi connectivity index (χ1) is 12.4. The second-order valence-electron chi connectivity index (χ2n) is 5.77. The summed E-state index contributed by atoms with van der Waals surface area (Å²) in [6.07, 6.45) is -1.86. The lowest BCUT2D eigenvalue weighted by atomic mass is 9.89. The van der Waals surface area contributed by atoms with Crippen molar-refractivity contribution in [3.05, 3.63) is 77.9 Å². The van der Waals surface area contributed by atoms with E-state index >= 15 is 0 Å². The number of nitrogens with zero attached hydrogens (tertiary/aromatic N) is 1. The number of benzene rings is 2. The summed E-state index contributed by atoms with van der Waals surface area (Å²) in [6, 6.07) is 14.6. The van der Waals surface area contributed by atoms with Gasteiger partial charge in [0.05, 0.1) is 0 Å². The average Bonchev–Trinajstić information content (AvgIpc) is 2.89. The largest absolute Gasteiger partial charge is 0.425 e. The quantitative estimate of drug-likeness (QED) is 0.845. The van der Waals surface area contributed by atoms with Gasteiger partial charge < -0.3 is 5.32 Å². The standard InChI is InChI=1S/C19H15F3N2O2/c20-19(21,22)18(15-11-5-2-6-12-15)16(25)24(17(26)23-18)13-7-10-14-8-3-1-4-9-14/h1-12H,13H2,(H,23,26). The SMILES string of the molecule is O=C1NC(c2ccccc2)(C(F)(F)F)C(=O)N1CC=Cc1ccccc1. The van der Waals surface area contributed by atoms with Gasteiger partial charge in [0.2, 0.25) is 5.54 Å². The molecule has 0 aliphatic carbocycles. The van der Waals surface area contributed by atoms with E-state index in [0.29, 0.717) is 4.90 Å². The van der Waals surface area contributed by atoms with Gasteiger partial charge in [-0.15, -0.1) is 0 Å². The van der Waals surface area contributed by atoms with E-state index in [0.717, 1.165) is 5.56 Å². The molecule has 0 saturated carbocycles. The third-order valence-electron chi connectivity index (χ3n) is 4.14. The van der Waals surface area contributed by atoms with Gasteiger partial charge in [-0.1, -0.05) is 72.8 Å². The molecule has 2 aromatic rings. The number of amides is 3. The van der Waals surface area contributed by atoms with Gasteiger partial charge in [0.15, 0.2) is 0 Å². The van der Waals surface area contributed by atoms with Crippen molar-refractivity contribution in [3.8, 4) is 0 Å². The fourth-order valence-electron chi connectivity index (χ4n) is 2.84. The zero-order valence-electron chi connectivity index (χ0n) is 13.5. The Kier molecular flexibility index (Phi) is 4.54. The minimum absolute atomic E-state index is 0.260. The fraction of sp³-hybridized carbons (Fsp3) is 0.158. The average molecular weight is 360 g/mol. The zero-order chi connectivity index (χ0) is 18.8. The lowest BCUT2D eigenvalue weighted by Crippen LogP contribution is -2.55. The molecule has 3 amide bonds. The lowest BCUT2D eigenvalue weighted by Gasteiger charge is -2.29. The minimum Gasteiger partial charge on any atom is -0.312 e. The highest BCUT2D eigenvalue weighted by Crippen LogP contribution is 2.43. The number of nitrogens with one attached hydrogen (secondary N) is 1. The van der Waals surface area contributed by atoms with E-state index in [2.05, 4.69) is 0 Å². The Bertz CT molecular complexity index is 835. The van der Waals surface area contributed by atoms with Gasteiger partial charge >= 0.3 is 12.2 Å². The maximum atomic E-state index is 13.8. The van der Waals surface area contributed by atoms with Crippen LogP contribution in [-0.2, 0) is 10.3 Å². The van der Waals surface area contributed by atoms with E-state index in [1.807, 2.05) is 11.4 Å². The van der Waals surface area contributed by atoms with Crippen molar-refractivity contribution in [3.63, 3.8) is 0 Å². The van der Waals surface area contributed by atoms with E-state index in [1.54, 1.807) is 30.3 Å². The predicted molar refractivity (Wildman–Crippen MR) is 89.9 cm³/mol. The number of hydrogen-bond donors (Lipinski definition) is 1. The maximum absolute atomic E-state index is 13.8. The molecule has 1 fully saturated rings. The second-order valence-corrected chi connectivity index (χ2v) is 5.77. The van der Waals surface area contributed by atoms with Crippen molar-refractivity contribution in [2.24, 2.45) is 0 Å². The van der Waals surface area contributed by atoms with E-state index in [9.17, 15) is 22.8 Å². The summed E-state index contributed by atoms with van der Waals surface area (Å²) < 4.78 is 41.4. The molecule has 1 saturated heterocycles. The molecule has 2 aromatic carbocycles. The molecule has 26 heavy (non-hydrogen) atoms. The van der Waals surface area contributed by atoms with Crippen LogP contribution in [0.4, 0.5) is 18.0 Å². The fourth-order valence-corrected chi connectivity index (χ4v) is 2.84. The molecule has 1 atom stereocenters. The molecule has 3 rings (SSSR count). The number of carbonyl (C=O) groups is 2. The Hall–Kier alpha value is -3.09. The minimum atomic E-state index is -4.97. The van der Waals surface area contributed by atoms with E-state index < -0.39 is 23.7 Å². The number of carbonyl (C=O) groups excluding carboxylic acids is 2. The van der Waals surface area contributed by atoms with Crippen LogP contribution in [0, 0.1) is 0 Å².